The first-order chi connectivity index (χ1) is 13.8. The fraction of sp³-hybridized carbons (Fsp3) is 0.565. The smallest absolute Gasteiger partial charge is 0.272 e. The summed E-state index contributed by atoms with van der Waals surface area (Å²) in [6, 6.07) is 8.14. The number of carbonyl (C=O) groups is 1. The molecule has 1 amide bonds. The van der Waals surface area contributed by atoms with Crippen LogP contribution in [0.4, 0.5) is 0 Å². The summed E-state index contributed by atoms with van der Waals surface area (Å²) in [4.78, 5) is 15.2. The van der Waals surface area contributed by atoms with Crippen LogP contribution in [0.25, 0.3) is 0 Å². The van der Waals surface area contributed by atoms with Crippen molar-refractivity contribution >= 4 is 5.91 Å². The molecule has 2 aliphatic heterocycles. The maximum absolute atomic E-state index is 13.2. The minimum atomic E-state index is 0.0426. The van der Waals surface area contributed by atoms with E-state index in [2.05, 4.69) is 38.0 Å². The normalized spacial score (nSPS) is 21.1. The van der Waals surface area contributed by atoms with Gasteiger partial charge in [0.25, 0.3) is 5.91 Å². The predicted molar refractivity (Wildman–Crippen MR) is 111 cm³/mol. The summed E-state index contributed by atoms with van der Waals surface area (Å²) in [6.45, 7) is 8.47. The molecule has 1 aromatic heterocycles. The lowest BCUT2D eigenvalue weighted by Gasteiger charge is -2.40. The molecule has 6 nitrogen and oxygen atoms in total. The van der Waals surface area contributed by atoms with Crippen molar-refractivity contribution in [2.75, 3.05) is 19.9 Å². The molecule has 1 aromatic carbocycles. The van der Waals surface area contributed by atoms with E-state index in [1.807, 2.05) is 24.1 Å². The SMILES string of the molecule is CC(C)Cc1cc(C(=O)N2CCCC(C)(Cc3ccc4c(c3)OCO4)C2)n(C)n1. The van der Waals surface area contributed by atoms with Crippen LogP contribution in [0.15, 0.2) is 24.3 Å². The molecule has 0 aliphatic carbocycles. The third kappa shape index (κ3) is 4.26. The first-order valence-electron chi connectivity index (χ1n) is 10.5. The summed E-state index contributed by atoms with van der Waals surface area (Å²) in [5.41, 5.74) is 2.95. The van der Waals surface area contributed by atoms with E-state index in [0.717, 1.165) is 56.0 Å². The number of hydrogen-bond donors (Lipinski definition) is 0. The molecule has 0 radical (unpaired) electrons. The second-order valence-electron chi connectivity index (χ2n) is 9.25. The van der Waals surface area contributed by atoms with Crippen LogP contribution in [-0.2, 0) is 19.9 Å². The van der Waals surface area contributed by atoms with E-state index < -0.39 is 0 Å². The van der Waals surface area contributed by atoms with Crippen LogP contribution in [-0.4, -0.2) is 40.5 Å². The Labute approximate surface area is 172 Å². The maximum atomic E-state index is 13.2. The number of hydrogen-bond acceptors (Lipinski definition) is 4. The summed E-state index contributed by atoms with van der Waals surface area (Å²) in [7, 11) is 1.87. The second kappa shape index (κ2) is 7.73. The van der Waals surface area contributed by atoms with Gasteiger partial charge in [0, 0.05) is 20.1 Å². The van der Waals surface area contributed by atoms with Gasteiger partial charge in [-0.1, -0.05) is 26.8 Å². The lowest BCUT2D eigenvalue weighted by molar-refractivity contribution is 0.0540. The molecule has 0 N–H and O–H groups in total. The summed E-state index contributed by atoms with van der Waals surface area (Å²) < 4.78 is 12.7. The minimum Gasteiger partial charge on any atom is -0.454 e. The van der Waals surface area contributed by atoms with E-state index in [4.69, 9.17) is 9.47 Å². The van der Waals surface area contributed by atoms with Gasteiger partial charge in [0.15, 0.2) is 11.5 Å². The van der Waals surface area contributed by atoms with Crippen LogP contribution in [0.3, 0.4) is 0 Å². The third-order valence-electron chi connectivity index (χ3n) is 5.90. The largest absolute Gasteiger partial charge is 0.454 e. The van der Waals surface area contributed by atoms with Crippen molar-refractivity contribution in [3.8, 4) is 11.5 Å². The molecular formula is C23H31N3O3. The Kier molecular flexibility index (Phi) is 5.28. The predicted octanol–water partition coefficient (Wildman–Crippen LogP) is 3.83. The molecule has 1 atom stereocenters. The van der Waals surface area contributed by atoms with E-state index in [0.29, 0.717) is 18.4 Å². The van der Waals surface area contributed by atoms with Gasteiger partial charge in [0.1, 0.15) is 5.69 Å². The Balaban J connectivity index is 1.47. The number of fused-ring (bicyclic) bond motifs is 1. The highest BCUT2D eigenvalue weighted by Crippen LogP contribution is 2.38. The number of piperidine rings is 1. The van der Waals surface area contributed by atoms with E-state index in [1.165, 1.54) is 5.56 Å². The van der Waals surface area contributed by atoms with Crippen LogP contribution < -0.4 is 9.47 Å². The van der Waals surface area contributed by atoms with Crippen molar-refractivity contribution in [1.29, 1.82) is 0 Å². The Morgan fingerprint density at radius 3 is 2.83 bits per heavy atom. The first-order valence-corrected chi connectivity index (χ1v) is 10.5. The fourth-order valence-electron chi connectivity index (χ4n) is 4.58. The summed E-state index contributed by atoms with van der Waals surface area (Å²) in [5.74, 6) is 2.25. The summed E-state index contributed by atoms with van der Waals surface area (Å²) in [6.07, 6.45) is 3.93. The first kappa shape index (κ1) is 19.8. The van der Waals surface area contributed by atoms with Gasteiger partial charge in [0.2, 0.25) is 6.79 Å². The Morgan fingerprint density at radius 1 is 1.24 bits per heavy atom. The number of rotatable bonds is 5. The zero-order valence-corrected chi connectivity index (χ0v) is 17.9. The zero-order chi connectivity index (χ0) is 20.6. The number of benzene rings is 1. The van der Waals surface area contributed by atoms with Gasteiger partial charge >= 0.3 is 0 Å². The van der Waals surface area contributed by atoms with Crippen LogP contribution in [0.5, 0.6) is 11.5 Å². The van der Waals surface area contributed by atoms with Crippen molar-refractivity contribution in [2.24, 2.45) is 18.4 Å². The van der Waals surface area contributed by atoms with Gasteiger partial charge in [-0.2, -0.15) is 5.10 Å². The van der Waals surface area contributed by atoms with Crippen LogP contribution in [0.1, 0.15) is 55.4 Å². The molecule has 29 heavy (non-hydrogen) atoms. The monoisotopic (exact) mass is 397 g/mol. The lowest BCUT2D eigenvalue weighted by Crippen LogP contribution is -2.46. The van der Waals surface area contributed by atoms with Crippen LogP contribution >= 0.6 is 0 Å². The van der Waals surface area contributed by atoms with Gasteiger partial charge in [-0.05, 0) is 60.8 Å². The lowest BCUT2D eigenvalue weighted by atomic mass is 9.77. The molecule has 1 fully saturated rings. The Morgan fingerprint density at radius 2 is 2.03 bits per heavy atom. The molecule has 1 unspecified atom stereocenters. The quantitative estimate of drug-likeness (QED) is 0.769. The highest BCUT2D eigenvalue weighted by atomic mass is 16.7. The Bertz CT molecular complexity index is 905. The molecule has 0 saturated carbocycles. The number of aromatic nitrogens is 2. The van der Waals surface area contributed by atoms with E-state index in [1.54, 1.807) is 4.68 Å². The molecule has 156 valence electrons. The number of carbonyl (C=O) groups excluding carboxylic acids is 1. The van der Waals surface area contributed by atoms with Crippen molar-refractivity contribution in [2.45, 2.75) is 46.5 Å². The average Bonchev–Trinajstić information content (AvgIpc) is 3.26. The van der Waals surface area contributed by atoms with E-state index in [9.17, 15) is 4.79 Å². The average molecular weight is 398 g/mol. The molecule has 4 rings (SSSR count). The molecule has 2 aliphatic rings. The number of ether oxygens (including phenoxy) is 2. The molecular weight excluding hydrogens is 366 g/mol. The number of likely N-dealkylation sites (tertiary alicyclic amines) is 1. The minimum absolute atomic E-state index is 0.0426. The molecule has 6 heteroatoms. The van der Waals surface area contributed by atoms with Gasteiger partial charge in [-0.3, -0.25) is 9.48 Å². The van der Waals surface area contributed by atoms with Crippen molar-refractivity contribution in [3.63, 3.8) is 0 Å². The zero-order valence-electron chi connectivity index (χ0n) is 17.9. The van der Waals surface area contributed by atoms with Gasteiger partial charge < -0.3 is 14.4 Å². The number of nitrogens with zero attached hydrogens (tertiary/aromatic N) is 3. The third-order valence-corrected chi connectivity index (χ3v) is 5.90. The van der Waals surface area contributed by atoms with Crippen LogP contribution in [0, 0.1) is 11.3 Å². The molecule has 0 spiro atoms. The number of amides is 1. The topological polar surface area (TPSA) is 56.6 Å². The maximum Gasteiger partial charge on any atom is 0.272 e. The van der Waals surface area contributed by atoms with Crippen molar-refractivity contribution in [1.82, 2.24) is 14.7 Å². The molecule has 1 saturated heterocycles. The molecule has 3 heterocycles. The molecule has 0 bridgehead atoms. The van der Waals surface area contributed by atoms with Gasteiger partial charge in [-0.25, -0.2) is 0 Å². The van der Waals surface area contributed by atoms with Crippen molar-refractivity contribution in [3.05, 3.63) is 41.2 Å². The highest BCUT2D eigenvalue weighted by molar-refractivity contribution is 5.92. The standard InChI is InChI=1S/C23H31N3O3/c1-16(2)10-18-12-19(25(4)24-18)22(27)26-9-5-8-23(3,14-26)13-17-6-7-20-21(11-17)29-15-28-20/h6-7,11-12,16H,5,8-10,13-15H2,1-4H3. The molecule has 2 aromatic rings. The van der Waals surface area contributed by atoms with Gasteiger partial charge in [0.05, 0.1) is 5.69 Å². The number of aryl methyl sites for hydroxylation is 1. The fourth-order valence-corrected chi connectivity index (χ4v) is 4.58. The van der Waals surface area contributed by atoms with Crippen LogP contribution in [0.2, 0.25) is 0 Å². The highest BCUT2D eigenvalue weighted by Gasteiger charge is 2.35. The van der Waals surface area contributed by atoms with E-state index in [-0.39, 0.29) is 11.3 Å². The van der Waals surface area contributed by atoms with Crippen molar-refractivity contribution < 1.29 is 14.3 Å². The van der Waals surface area contributed by atoms with Gasteiger partial charge in [-0.15, -0.1) is 0 Å². The van der Waals surface area contributed by atoms with E-state index >= 15 is 0 Å². The second-order valence-corrected chi connectivity index (χ2v) is 9.25. The Hall–Kier alpha value is -2.50. The summed E-state index contributed by atoms with van der Waals surface area (Å²) >= 11 is 0. The summed E-state index contributed by atoms with van der Waals surface area (Å²) in [5, 5.41) is 4.55.